The molecular weight excluding hydrogens is 379 g/mol. The van der Waals surface area contributed by atoms with Crippen LogP contribution in [0.5, 0.6) is 5.88 Å². The molecule has 28 heavy (non-hydrogen) atoms. The van der Waals surface area contributed by atoms with Gasteiger partial charge in [0.15, 0.2) is 0 Å². The van der Waals surface area contributed by atoms with Crippen LogP contribution < -0.4 is 14.9 Å². The van der Waals surface area contributed by atoms with Crippen LogP contribution in [-0.2, 0) is 19.3 Å². The summed E-state index contributed by atoms with van der Waals surface area (Å²) in [5, 5.41) is 0. The average molecular weight is 410 g/mol. The lowest BCUT2D eigenvalue weighted by Crippen LogP contribution is -2.41. The SMILES string of the molecule is COc1ncc(B2OC(C)(C)C(C)(C)O2)cc1S(=O)(=O)NC1CCC(C)CC1. The summed E-state index contributed by atoms with van der Waals surface area (Å²) >= 11 is 0. The summed E-state index contributed by atoms with van der Waals surface area (Å²) in [6, 6.07) is 1.48. The molecule has 1 aliphatic carbocycles. The molecule has 1 aromatic rings. The zero-order chi connectivity index (χ0) is 20.7. The van der Waals surface area contributed by atoms with Crippen molar-refractivity contribution in [2.45, 2.75) is 82.4 Å². The summed E-state index contributed by atoms with van der Waals surface area (Å²) in [6.07, 6.45) is 5.27. The number of hydrogen-bond acceptors (Lipinski definition) is 6. The van der Waals surface area contributed by atoms with E-state index in [1.165, 1.54) is 7.11 Å². The fourth-order valence-electron chi connectivity index (χ4n) is 3.56. The molecule has 1 saturated heterocycles. The third-order valence-electron chi connectivity index (χ3n) is 6.19. The minimum Gasteiger partial charge on any atom is -0.480 e. The van der Waals surface area contributed by atoms with E-state index in [1.807, 2.05) is 27.7 Å². The predicted molar refractivity (Wildman–Crippen MR) is 108 cm³/mol. The molecule has 7 nitrogen and oxygen atoms in total. The van der Waals surface area contributed by atoms with E-state index < -0.39 is 28.3 Å². The summed E-state index contributed by atoms with van der Waals surface area (Å²) in [7, 11) is -3.05. The van der Waals surface area contributed by atoms with E-state index in [0.717, 1.165) is 25.7 Å². The van der Waals surface area contributed by atoms with Gasteiger partial charge in [-0.05, 0) is 65.4 Å². The second-order valence-corrected chi connectivity index (χ2v) is 10.6. The van der Waals surface area contributed by atoms with Gasteiger partial charge < -0.3 is 14.0 Å². The van der Waals surface area contributed by atoms with Gasteiger partial charge in [0.25, 0.3) is 0 Å². The Morgan fingerprint density at radius 3 is 2.25 bits per heavy atom. The molecule has 9 heteroatoms. The third kappa shape index (κ3) is 4.22. The standard InChI is InChI=1S/C19H31BN2O5S/c1-13-7-9-15(10-8-13)22-28(23,24)16-11-14(12-21-17(16)25-6)20-26-18(2,3)19(4,5)27-20/h11-13,15,22H,7-10H2,1-6H3. The number of ether oxygens (including phenoxy) is 1. The van der Waals surface area contributed by atoms with Gasteiger partial charge >= 0.3 is 7.12 Å². The van der Waals surface area contributed by atoms with Gasteiger partial charge in [-0.3, -0.25) is 0 Å². The molecule has 0 spiro atoms. The number of hydrogen-bond donors (Lipinski definition) is 1. The molecule has 1 saturated carbocycles. The lowest BCUT2D eigenvalue weighted by Gasteiger charge is -2.32. The van der Waals surface area contributed by atoms with Crippen LogP contribution in [0.1, 0.15) is 60.3 Å². The molecule has 0 bridgehead atoms. The van der Waals surface area contributed by atoms with Crippen LogP contribution in [0.4, 0.5) is 0 Å². The third-order valence-corrected chi connectivity index (χ3v) is 7.70. The van der Waals surface area contributed by atoms with Crippen molar-refractivity contribution in [2.75, 3.05) is 7.11 Å². The molecule has 0 radical (unpaired) electrons. The van der Waals surface area contributed by atoms with Crippen LogP contribution in [0.15, 0.2) is 17.2 Å². The highest BCUT2D eigenvalue weighted by Gasteiger charge is 2.52. The summed E-state index contributed by atoms with van der Waals surface area (Å²) in [6.45, 7) is 10.0. The highest BCUT2D eigenvalue weighted by Crippen LogP contribution is 2.36. The lowest BCUT2D eigenvalue weighted by molar-refractivity contribution is 0.00578. The Labute approximate surface area is 168 Å². The van der Waals surface area contributed by atoms with Crippen LogP contribution in [0.25, 0.3) is 0 Å². The lowest BCUT2D eigenvalue weighted by atomic mass is 9.80. The normalized spacial score (nSPS) is 27.0. The van der Waals surface area contributed by atoms with Crippen LogP contribution in [-0.4, -0.2) is 44.9 Å². The molecule has 3 rings (SSSR count). The van der Waals surface area contributed by atoms with E-state index >= 15 is 0 Å². The zero-order valence-electron chi connectivity index (χ0n) is 17.6. The van der Waals surface area contributed by atoms with E-state index in [1.54, 1.807) is 12.3 Å². The largest absolute Gasteiger partial charge is 0.496 e. The Bertz CT molecular complexity index is 804. The Balaban J connectivity index is 1.87. The summed E-state index contributed by atoms with van der Waals surface area (Å²) < 4.78 is 46.3. The summed E-state index contributed by atoms with van der Waals surface area (Å²) in [5.74, 6) is 0.709. The zero-order valence-corrected chi connectivity index (χ0v) is 18.4. The van der Waals surface area contributed by atoms with Crippen molar-refractivity contribution >= 4 is 22.6 Å². The van der Waals surface area contributed by atoms with Crippen molar-refractivity contribution in [3.8, 4) is 5.88 Å². The molecular formula is C19H31BN2O5S. The number of pyridine rings is 1. The molecule has 2 fully saturated rings. The predicted octanol–water partition coefficient (Wildman–Crippen LogP) is 2.25. The minimum atomic E-state index is -3.78. The van der Waals surface area contributed by atoms with E-state index in [2.05, 4.69) is 16.6 Å². The first-order valence-corrected chi connectivity index (χ1v) is 11.4. The number of rotatable bonds is 5. The van der Waals surface area contributed by atoms with Gasteiger partial charge in [-0.25, -0.2) is 18.1 Å². The molecule has 2 aliphatic rings. The quantitative estimate of drug-likeness (QED) is 0.750. The molecule has 0 aromatic carbocycles. The molecule has 1 aliphatic heterocycles. The van der Waals surface area contributed by atoms with Gasteiger partial charge in [-0.15, -0.1) is 0 Å². The van der Waals surface area contributed by atoms with Crippen LogP contribution in [0, 0.1) is 5.92 Å². The van der Waals surface area contributed by atoms with Crippen molar-refractivity contribution in [1.29, 1.82) is 0 Å². The first-order chi connectivity index (χ1) is 12.9. The van der Waals surface area contributed by atoms with Crippen LogP contribution >= 0.6 is 0 Å². The molecule has 156 valence electrons. The number of nitrogens with one attached hydrogen (secondary N) is 1. The van der Waals surface area contributed by atoms with Gasteiger partial charge in [0.2, 0.25) is 15.9 Å². The topological polar surface area (TPSA) is 86.8 Å². The summed E-state index contributed by atoms with van der Waals surface area (Å²) in [5.41, 5.74) is -0.487. The van der Waals surface area contributed by atoms with Gasteiger partial charge in [0.05, 0.1) is 18.3 Å². The number of nitrogens with zero attached hydrogens (tertiary/aromatic N) is 1. The van der Waals surface area contributed by atoms with Crippen LogP contribution in [0.2, 0.25) is 0 Å². The summed E-state index contributed by atoms with van der Waals surface area (Å²) in [4.78, 5) is 4.22. The molecule has 1 aromatic heterocycles. The molecule has 2 heterocycles. The number of aromatic nitrogens is 1. The maximum absolute atomic E-state index is 13.1. The second-order valence-electron chi connectivity index (χ2n) is 8.94. The van der Waals surface area contributed by atoms with Gasteiger partial charge in [-0.1, -0.05) is 6.92 Å². The van der Waals surface area contributed by atoms with Crippen LogP contribution in [0.3, 0.4) is 0 Å². The van der Waals surface area contributed by atoms with E-state index in [9.17, 15) is 8.42 Å². The Kier molecular flexibility index (Phi) is 5.84. The molecule has 0 unspecified atom stereocenters. The van der Waals surface area contributed by atoms with Gasteiger partial charge in [-0.2, -0.15) is 0 Å². The highest BCUT2D eigenvalue weighted by atomic mass is 32.2. The van der Waals surface area contributed by atoms with E-state index in [-0.39, 0.29) is 16.8 Å². The van der Waals surface area contributed by atoms with Gasteiger partial charge in [0, 0.05) is 17.7 Å². The minimum absolute atomic E-state index is 0.0147. The molecule has 1 N–H and O–H groups in total. The maximum atomic E-state index is 13.1. The van der Waals surface area contributed by atoms with Gasteiger partial charge in [0.1, 0.15) is 4.90 Å². The first kappa shape index (κ1) is 21.6. The number of methoxy groups -OCH3 is 1. The smallest absolute Gasteiger partial charge is 0.480 e. The van der Waals surface area contributed by atoms with Crippen molar-refractivity contribution < 1.29 is 22.5 Å². The first-order valence-electron chi connectivity index (χ1n) is 9.87. The Morgan fingerprint density at radius 2 is 1.71 bits per heavy atom. The van der Waals surface area contributed by atoms with Crippen molar-refractivity contribution in [2.24, 2.45) is 5.92 Å². The van der Waals surface area contributed by atoms with E-state index in [0.29, 0.717) is 11.4 Å². The Hall–Kier alpha value is -1.16. The molecule has 0 atom stereocenters. The fourth-order valence-corrected chi connectivity index (χ4v) is 5.02. The maximum Gasteiger partial charge on any atom is 0.496 e. The molecule has 0 amide bonds. The van der Waals surface area contributed by atoms with E-state index in [4.69, 9.17) is 14.0 Å². The van der Waals surface area contributed by atoms with Crippen molar-refractivity contribution in [3.05, 3.63) is 12.3 Å². The highest BCUT2D eigenvalue weighted by molar-refractivity contribution is 7.89. The average Bonchev–Trinajstić information content (AvgIpc) is 2.84. The fraction of sp³-hybridized carbons (Fsp3) is 0.737. The number of sulfonamides is 1. The Morgan fingerprint density at radius 1 is 1.14 bits per heavy atom. The van der Waals surface area contributed by atoms with Crippen molar-refractivity contribution in [3.63, 3.8) is 0 Å². The monoisotopic (exact) mass is 410 g/mol. The second kappa shape index (κ2) is 7.59. The van der Waals surface area contributed by atoms with Crippen molar-refractivity contribution in [1.82, 2.24) is 9.71 Å².